The number of rotatable bonds is 5. The highest BCUT2D eigenvalue weighted by Gasteiger charge is 2.31. The highest BCUT2D eigenvalue weighted by molar-refractivity contribution is 5.96. The second kappa shape index (κ2) is 8.21. The number of benzene rings is 1. The molecule has 1 N–H and O–H groups in total. The molecule has 32 heavy (non-hydrogen) atoms. The van der Waals surface area contributed by atoms with Gasteiger partial charge < -0.3 is 19.5 Å². The van der Waals surface area contributed by atoms with Crippen molar-refractivity contribution < 1.29 is 37.0 Å². The van der Waals surface area contributed by atoms with Crippen LogP contribution in [-0.2, 0) is 15.7 Å². The van der Waals surface area contributed by atoms with E-state index in [1.54, 1.807) is 18.2 Å². The molecule has 0 aliphatic carbocycles. The number of fused-ring (bicyclic) bond motifs is 1. The number of carbonyl (C=O) groups is 2. The summed E-state index contributed by atoms with van der Waals surface area (Å²) >= 11 is 0. The number of anilines is 1. The molecule has 0 saturated carbocycles. The van der Waals surface area contributed by atoms with Crippen molar-refractivity contribution >= 4 is 17.6 Å². The summed E-state index contributed by atoms with van der Waals surface area (Å²) in [4.78, 5) is 28.2. The fraction of sp³-hybridized carbons (Fsp3) is 0.200. The van der Waals surface area contributed by atoms with Crippen LogP contribution in [0.25, 0.3) is 5.82 Å². The van der Waals surface area contributed by atoms with E-state index in [-0.39, 0.29) is 18.2 Å². The maximum Gasteiger partial charge on any atom is 0.417 e. The average Bonchev–Trinajstić information content (AvgIpc) is 3.37. The number of hydrogen-bond donors (Lipinski definition) is 1. The smallest absolute Gasteiger partial charge is 0.417 e. The van der Waals surface area contributed by atoms with Crippen LogP contribution in [0.2, 0.25) is 0 Å². The van der Waals surface area contributed by atoms with Crippen LogP contribution in [0.15, 0.2) is 42.7 Å². The van der Waals surface area contributed by atoms with Gasteiger partial charge in [-0.15, -0.1) is 0 Å². The highest BCUT2D eigenvalue weighted by Crippen LogP contribution is 2.34. The van der Waals surface area contributed by atoms with Gasteiger partial charge in [0, 0.05) is 18.0 Å². The van der Waals surface area contributed by atoms with Gasteiger partial charge >= 0.3 is 12.1 Å². The van der Waals surface area contributed by atoms with Crippen molar-refractivity contribution in [3.05, 3.63) is 59.5 Å². The molecule has 12 heteroatoms. The molecule has 2 aromatic heterocycles. The second-order valence-electron chi connectivity index (χ2n) is 6.65. The minimum atomic E-state index is -4.51. The normalized spacial score (nSPS) is 12.5. The zero-order chi connectivity index (χ0) is 22.9. The Balaban J connectivity index is 1.38. The summed E-state index contributed by atoms with van der Waals surface area (Å²) in [5.74, 6) is -0.257. The summed E-state index contributed by atoms with van der Waals surface area (Å²) in [7, 11) is 0. The summed E-state index contributed by atoms with van der Waals surface area (Å²) in [5.41, 5.74) is -0.132. The van der Waals surface area contributed by atoms with Crippen LogP contribution < -0.4 is 14.8 Å². The van der Waals surface area contributed by atoms with Crippen LogP contribution in [0.4, 0.5) is 18.9 Å². The number of aromatic nitrogens is 3. The number of alkyl halides is 3. The van der Waals surface area contributed by atoms with E-state index < -0.39 is 30.2 Å². The predicted octanol–water partition coefficient (Wildman–Crippen LogP) is 3.12. The van der Waals surface area contributed by atoms with E-state index in [1.807, 2.05) is 0 Å². The molecule has 1 amide bonds. The van der Waals surface area contributed by atoms with Crippen molar-refractivity contribution in [3.8, 4) is 17.3 Å². The molecule has 0 saturated heterocycles. The Hall–Kier alpha value is -4.09. The Morgan fingerprint density at radius 3 is 2.66 bits per heavy atom. The minimum absolute atomic E-state index is 0.0441. The van der Waals surface area contributed by atoms with Gasteiger partial charge in [0.05, 0.1) is 17.5 Å². The number of carbonyl (C=O) groups excluding carboxylic acids is 2. The maximum atomic E-state index is 12.7. The van der Waals surface area contributed by atoms with Crippen LogP contribution >= 0.6 is 0 Å². The SMILES string of the molecule is Cc1c(C(=O)OCC(=O)Nc2ccc3c(c2)OCO3)cnn1-c1ccc(C(F)(F)F)cn1. The summed E-state index contributed by atoms with van der Waals surface area (Å²) in [6, 6.07) is 6.82. The molecular formula is C20H15F3N4O5. The van der Waals surface area contributed by atoms with E-state index in [2.05, 4.69) is 15.4 Å². The Bertz CT molecular complexity index is 1170. The largest absolute Gasteiger partial charge is 0.454 e. The van der Waals surface area contributed by atoms with E-state index in [0.29, 0.717) is 29.1 Å². The molecule has 0 spiro atoms. The van der Waals surface area contributed by atoms with Crippen molar-refractivity contribution in [2.45, 2.75) is 13.1 Å². The lowest BCUT2D eigenvalue weighted by Crippen LogP contribution is -2.21. The van der Waals surface area contributed by atoms with E-state index in [9.17, 15) is 22.8 Å². The van der Waals surface area contributed by atoms with Crippen LogP contribution in [0, 0.1) is 6.92 Å². The van der Waals surface area contributed by atoms with Crippen LogP contribution in [-0.4, -0.2) is 40.0 Å². The van der Waals surface area contributed by atoms with Crippen molar-refractivity contribution in [1.29, 1.82) is 0 Å². The Kier molecular flexibility index (Phi) is 5.43. The number of amides is 1. The van der Waals surface area contributed by atoms with Gasteiger partial charge in [-0.3, -0.25) is 4.79 Å². The lowest BCUT2D eigenvalue weighted by Gasteiger charge is -2.09. The van der Waals surface area contributed by atoms with E-state index in [0.717, 1.165) is 12.1 Å². The van der Waals surface area contributed by atoms with Crippen LogP contribution in [0.3, 0.4) is 0 Å². The lowest BCUT2D eigenvalue weighted by molar-refractivity contribution is -0.137. The molecule has 4 rings (SSSR count). The van der Waals surface area contributed by atoms with E-state index in [1.165, 1.54) is 17.8 Å². The number of nitrogens with zero attached hydrogens (tertiary/aromatic N) is 3. The Morgan fingerprint density at radius 2 is 1.94 bits per heavy atom. The van der Waals surface area contributed by atoms with E-state index >= 15 is 0 Å². The summed E-state index contributed by atoms with van der Waals surface area (Å²) in [6.45, 7) is 1.06. The first-order valence-electron chi connectivity index (χ1n) is 9.17. The molecule has 0 unspecified atom stereocenters. The molecule has 1 aromatic carbocycles. The van der Waals surface area contributed by atoms with Crippen molar-refractivity contribution in [1.82, 2.24) is 14.8 Å². The number of hydrogen-bond acceptors (Lipinski definition) is 7. The first kappa shape index (κ1) is 21.2. The first-order chi connectivity index (χ1) is 15.2. The molecule has 3 heterocycles. The molecule has 3 aromatic rings. The van der Waals surface area contributed by atoms with Gasteiger partial charge in [0.25, 0.3) is 5.91 Å². The zero-order valence-corrected chi connectivity index (χ0v) is 16.5. The van der Waals surface area contributed by atoms with Gasteiger partial charge in [-0.2, -0.15) is 18.3 Å². The molecule has 0 bridgehead atoms. The quantitative estimate of drug-likeness (QED) is 0.598. The Morgan fingerprint density at radius 1 is 1.16 bits per heavy atom. The molecule has 0 radical (unpaired) electrons. The number of esters is 1. The number of nitrogens with one attached hydrogen (secondary N) is 1. The zero-order valence-electron chi connectivity index (χ0n) is 16.5. The minimum Gasteiger partial charge on any atom is -0.454 e. The summed E-state index contributed by atoms with van der Waals surface area (Å²) < 4.78 is 54.7. The van der Waals surface area contributed by atoms with Crippen molar-refractivity contribution in [2.24, 2.45) is 0 Å². The molecule has 9 nitrogen and oxygen atoms in total. The molecule has 166 valence electrons. The molecule has 1 aliphatic heterocycles. The third kappa shape index (κ3) is 4.33. The van der Waals surface area contributed by atoms with Gasteiger partial charge in [0.2, 0.25) is 6.79 Å². The van der Waals surface area contributed by atoms with Crippen molar-refractivity contribution in [3.63, 3.8) is 0 Å². The molecule has 1 aliphatic rings. The summed E-state index contributed by atoms with van der Waals surface area (Å²) in [6.07, 6.45) is -2.65. The van der Waals surface area contributed by atoms with Gasteiger partial charge in [0.1, 0.15) is 5.56 Å². The van der Waals surface area contributed by atoms with Crippen molar-refractivity contribution in [2.75, 3.05) is 18.7 Å². The van der Waals surface area contributed by atoms with Gasteiger partial charge in [0.15, 0.2) is 23.9 Å². The van der Waals surface area contributed by atoms with Crippen LogP contribution in [0.1, 0.15) is 21.6 Å². The average molecular weight is 448 g/mol. The maximum absolute atomic E-state index is 12.7. The van der Waals surface area contributed by atoms with Gasteiger partial charge in [-0.25, -0.2) is 14.5 Å². The fourth-order valence-corrected chi connectivity index (χ4v) is 2.90. The number of pyridine rings is 1. The Labute approximate surface area is 178 Å². The van der Waals surface area contributed by atoms with Gasteiger partial charge in [-0.1, -0.05) is 0 Å². The summed E-state index contributed by atoms with van der Waals surface area (Å²) in [5, 5.41) is 6.54. The predicted molar refractivity (Wildman–Crippen MR) is 103 cm³/mol. The lowest BCUT2D eigenvalue weighted by atomic mass is 10.2. The topological polar surface area (TPSA) is 105 Å². The van der Waals surface area contributed by atoms with Crippen LogP contribution in [0.5, 0.6) is 11.5 Å². The second-order valence-corrected chi connectivity index (χ2v) is 6.65. The monoisotopic (exact) mass is 448 g/mol. The first-order valence-corrected chi connectivity index (χ1v) is 9.17. The number of ether oxygens (including phenoxy) is 3. The molecule has 0 atom stereocenters. The third-order valence-electron chi connectivity index (χ3n) is 4.51. The number of halogens is 3. The third-order valence-corrected chi connectivity index (χ3v) is 4.51. The van der Waals surface area contributed by atoms with E-state index in [4.69, 9.17) is 14.2 Å². The molecule has 0 fully saturated rings. The highest BCUT2D eigenvalue weighted by atomic mass is 19.4. The fourth-order valence-electron chi connectivity index (χ4n) is 2.90. The van der Waals surface area contributed by atoms with Gasteiger partial charge in [-0.05, 0) is 31.2 Å². The molecular weight excluding hydrogens is 433 g/mol. The standard InChI is InChI=1S/C20H15F3N4O5/c1-11-14(8-25-27(11)17-5-2-12(7-24-17)20(21,22)23)19(29)30-9-18(28)26-13-3-4-15-16(6-13)32-10-31-15/h2-8H,9-10H2,1H3,(H,26,28).